The van der Waals surface area contributed by atoms with Crippen molar-refractivity contribution < 1.29 is 17.9 Å². The van der Waals surface area contributed by atoms with E-state index < -0.39 is 11.9 Å². The van der Waals surface area contributed by atoms with E-state index in [4.69, 9.17) is 4.74 Å². The van der Waals surface area contributed by atoms with E-state index in [-0.39, 0.29) is 6.10 Å². The normalized spacial score (nSPS) is 16.2. The Bertz CT molecular complexity index is 385. The van der Waals surface area contributed by atoms with E-state index in [1.807, 2.05) is 0 Å². The van der Waals surface area contributed by atoms with Gasteiger partial charge in [-0.05, 0) is 31.4 Å². The molecule has 0 amide bonds. The van der Waals surface area contributed by atoms with Gasteiger partial charge < -0.3 is 4.74 Å². The van der Waals surface area contributed by atoms with Gasteiger partial charge in [0.2, 0.25) is 0 Å². The van der Waals surface area contributed by atoms with Crippen molar-refractivity contribution in [1.29, 1.82) is 0 Å². The minimum absolute atomic E-state index is 0.170. The Morgan fingerprint density at radius 3 is 2.56 bits per heavy atom. The lowest BCUT2D eigenvalue weighted by Gasteiger charge is -2.12. The minimum Gasteiger partial charge on any atom is -0.489 e. The van der Waals surface area contributed by atoms with Crippen LogP contribution >= 0.6 is 0 Å². The molecule has 2 nitrogen and oxygen atoms in total. The van der Waals surface area contributed by atoms with Crippen LogP contribution in [-0.4, -0.2) is 11.1 Å². The molecule has 0 radical (unpaired) electrons. The Hall–Kier alpha value is -1.26. The summed E-state index contributed by atoms with van der Waals surface area (Å²) >= 11 is 0. The van der Waals surface area contributed by atoms with Crippen molar-refractivity contribution >= 4 is 0 Å². The molecule has 0 unspecified atom stereocenters. The molecule has 1 aliphatic rings. The smallest absolute Gasteiger partial charge is 0.433 e. The zero-order valence-corrected chi connectivity index (χ0v) is 8.84. The predicted octanol–water partition coefficient (Wildman–Crippen LogP) is 3.20. The van der Waals surface area contributed by atoms with Crippen molar-refractivity contribution in [3.8, 4) is 5.75 Å². The van der Waals surface area contributed by atoms with Crippen molar-refractivity contribution in [2.45, 2.75) is 38.5 Å². The quantitative estimate of drug-likeness (QED) is 0.796. The molecular weight excluding hydrogens is 219 g/mol. The number of hydrogen-bond acceptors (Lipinski definition) is 2. The number of aryl methyl sites for hydroxylation is 1. The predicted molar refractivity (Wildman–Crippen MR) is 52.3 cm³/mol. The highest BCUT2D eigenvalue weighted by molar-refractivity contribution is 5.31. The van der Waals surface area contributed by atoms with Gasteiger partial charge in [0.15, 0.2) is 0 Å². The molecule has 2 rings (SSSR count). The van der Waals surface area contributed by atoms with Gasteiger partial charge >= 0.3 is 6.18 Å². The molecule has 5 heteroatoms. The van der Waals surface area contributed by atoms with Crippen LogP contribution in [-0.2, 0) is 12.6 Å². The molecule has 1 saturated carbocycles. The number of nitrogens with zero attached hydrogens (tertiary/aromatic N) is 1. The summed E-state index contributed by atoms with van der Waals surface area (Å²) in [4.78, 5) is 3.59. The number of aromatic nitrogens is 1. The molecule has 1 aromatic heterocycles. The summed E-state index contributed by atoms with van der Waals surface area (Å²) in [5, 5.41) is 0. The molecule has 1 fully saturated rings. The number of halogens is 3. The average molecular weight is 231 g/mol. The Labute approximate surface area is 91.4 Å². The van der Waals surface area contributed by atoms with Gasteiger partial charge in [-0.2, -0.15) is 13.2 Å². The van der Waals surface area contributed by atoms with Gasteiger partial charge in [0.05, 0.1) is 11.8 Å². The van der Waals surface area contributed by atoms with Crippen LogP contribution in [0.4, 0.5) is 13.2 Å². The van der Waals surface area contributed by atoms with Gasteiger partial charge in [-0.3, -0.25) is 0 Å². The van der Waals surface area contributed by atoms with Gasteiger partial charge in [0.25, 0.3) is 0 Å². The van der Waals surface area contributed by atoms with E-state index in [0.717, 1.165) is 18.9 Å². The molecule has 0 aromatic carbocycles. The highest BCUT2D eigenvalue weighted by Gasteiger charge is 2.33. The van der Waals surface area contributed by atoms with Crippen molar-refractivity contribution in [1.82, 2.24) is 4.98 Å². The molecule has 1 heterocycles. The Morgan fingerprint density at radius 2 is 2.06 bits per heavy atom. The summed E-state index contributed by atoms with van der Waals surface area (Å²) in [5.41, 5.74) is -0.478. The SMILES string of the molecule is CCc1nc(C(F)(F)F)ccc1OC1CC1. The summed E-state index contributed by atoms with van der Waals surface area (Å²) in [7, 11) is 0. The van der Waals surface area contributed by atoms with Gasteiger partial charge in [0.1, 0.15) is 11.4 Å². The van der Waals surface area contributed by atoms with E-state index in [0.29, 0.717) is 17.9 Å². The van der Waals surface area contributed by atoms with Crippen LogP contribution in [0, 0.1) is 0 Å². The second-order valence-corrected chi connectivity index (χ2v) is 3.81. The van der Waals surface area contributed by atoms with E-state index in [1.54, 1.807) is 6.92 Å². The second-order valence-electron chi connectivity index (χ2n) is 3.81. The van der Waals surface area contributed by atoms with Crippen LogP contribution in [0.1, 0.15) is 31.2 Å². The lowest BCUT2D eigenvalue weighted by Crippen LogP contribution is -2.10. The highest BCUT2D eigenvalue weighted by Crippen LogP contribution is 2.32. The topological polar surface area (TPSA) is 22.1 Å². The summed E-state index contributed by atoms with van der Waals surface area (Å²) < 4.78 is 42.7. The first kappa shape index (κ1) is 11.2. The number of rotatable bonds is 3. The van der Waals surface area contributed by atoms with E-state index in [9.17, 15) is 13.2 Å². The van der Waals surface area contributed by atoms with Gasteiger partial charge in [0, 0.05) is 0 Å². The van der Waals surface area contributed by atoms with Crippen molar-refractivity contribution in [2.24, 2.45) is 0 Å². The van der Waals surface area contributed by atoms with Gasteiger partial charge in [-0.15, -0.1) is 0 Å². The summed E-state index contributed by atoms with van der Waals surface area (Å²) in [6.45, 7) is 1.77. The third-order valence-corrected chi connectivity index (χ3v) is 2.38. The third kappa shape index (κ3) is 2.46. The first-order chi connectivity index (χ1) is 7.50. The molecular formula is C11H12F3NO. The maximum Gasteiger partial charge on any atom is 0.433 e. The first-order valence-electron chi connectivity index (χ1n) is 5.24. The van der Waals surface area contributed by atoms with E-state index in [1.165, 1.54) is 6.07 Å². The Balaban J connectivity index is 2.26. The number of ether oxygens (including phenoxy) is 1. The van der Waals surface area contributed by atoms with Crippen molar-refractivity contribution in [3.05, 3.63) is 23.5 Å². The second kappa shape index (κ2) is 3.96. The molecule has 0 N–H and O–H groups in total. The molecule has 1 aromatic rings. The molecule has 16 heavy (non-hydrogen) atoms. The monoisotopic (exact) mass is 231 g/mol. The van der Waals surface area contributed by atoms with Crippen LogP contribution in [0.15, 0.2) is 12.1 Å². The molecule has 0 saturated heterocycles. The molecule has 1 aliphatic carbocycles. The summed E-state index contributed by atoms with van der Waals surface area (Å²) in [6, 6.07) is 2.34. The fourth-order valence-electron chi connectivity index (χ4n) is 1.37. The fourth-order valence-corrected chi connectivity index (χ4v) is 1.37. The Morgan fingerprint density at radius 1 is 1.38 bits per heavy atom. The summed E-state index contributed by atoms with van der Waals surface area (Å²) in [6.07, 6.45) is -1.83. The van der Waals surface area contributed by atoms with Crippen molar-refractivity contribution in [2.75, 3.05) is 0 Å². The first-order valence-corrected chi connectivity index (χ1v) is 5.24. The standard InChI is InChI=1S/C11H12F3NO/c1-2-8-9(16-7-3-4-7)5-6-10(15-8)11(12,13)14/h5-7H,2-4H2,1H3. The zero-order chi connectivity index (χ0) is 11.8. The van der Waals surface area contributed by atoms with E-state index in [2.05, 4.69) is 4.98 Å². The van der Waals surface area contributed by atoms with Crippen molar-refractivity contribution in [3.63, 3.8) is 0 Å². The molecule has 0 bridgehead atoms. The lowest BCUT2D eigenvalue weighted by atomic mass is 10.2. The fraction of sp³-hybridized carbons (Fsp3) is 0.545. The third-order valence-electron chi connectivity index (χ3n) is 2.38. The molecule has 0 atom stereocenters. The number of pyridine rings is 1. The lowest BCUT2D eigenvalue weighted by molar-refractivity contribution is -0.141. The number of alkyl halides is 3. The van der Waals surface area contributed by atoms with E-state index >= 15 is 0 Å². The van der Waals surface area contributed by atoms with Crippen LogP contribution < -0.4 is 4.74 Å². The highest BCUT2D eigenvalue weighted by atomic mass is 19.4. The van der Waals surface area contributed by atoms with Crippen LogP contribution in [0.5, 0.6) is 5.75 Å². The maximum atomic E-state index is 12.4. The Kier molecular flexibility index (Phi) is 2.78. The largest absolute Gasteiger partial charge is 0.489 e. The molecule has 0 spiro atoms. The maximum absolute atomic E-state index is 12.4. The minimum atomic E-state index is -4.39. The van der Waals surface area contributed by atoms with Crippen LogP contribution in [0.2, 0.25) is 0 Å². The zero-order valence-electron chi connectivity index (χ0n) is 8.84. The van der Waals surface area contributed by atoms with Crippen LogP contribution in [0.3, 0.4) is 0 Å². The number of hydrogen-bond donors (Lipinski definition) is 0. The summed E-state index contributed by atoms with van der Waals surface area (Å²) in [5.74, 6) is 0.484. The van der Waals surface area contributed by atoms with Crippen LogP contribution in [0.25, 0.3) is 0 Å². The van der Waals surface area contributed by atoms with Gasteiger partial charge in [-0.25, -0.2) is 4.98 Å². The average Bonchev–Trinajstić information content (AvgIpc) is 3.00. The molecule has 88 valence electrons. The van der Waals surface area contributed by atoms with Gasteiger partial charge in [-0.1, -0.05) is 6.92 Å². The molecule has 0 aliphatic heterocycles.